The molecule has 0 aromatic carbocycles. The third-order valence-corrected chi connectivity index (χ3v) is 1.88. The second kappa shape index (κ2) is 3.63. The van der Waals surface area contributed by atoms with E-state index in [1.807, 2.05) is 0 Å². The first-order valence-electron chi connectivity index (χ1n) is 3.39. The Morgan fingerprint density at radius 2 is 1.50 bits per heavy atom. The minimum Gasteiger partial charge on any atom is -0.395 e. The van der Waals surface area contributed by atoms with Crippen molar-refractivity contribution in [1.82, 2.24) is 0 Å². The van der Waals surface area contributed by atoms with Gasteiger partial charge in [0, 0.05) is 32.7 Å². The van der Waals surface area contributed by atoms with Gasteiger partial charge in [0.15, 0.2) is 0 Å². The number of ether oxygens (including phenoxy) is 1. The second-order valence-corrected chi connectivity index (χ2v) is 2.56. The van der Waals surface area contributed by atoms with Crippen LogP contribution in [0.1, 0.15) is 0 Å². The van der Waals surface area contributed by atoms with Gasteiger partial charge in [-0.1, -0.05) is 0 Å². The Hall–Kier alpha value is -0.276. The summed E-state index contributed by atoms with van der Waals surface area (Å²) in [6.45, 7) is 0. The van der Waals surface area contributed by atoms with Gasteiger partial charge in [0.25, 0.3) is 0 Å². The molecule has 0 saturated carbocycles. The number of rotatable bonds is 0. The number of carbonyl (C=O) groups excluding carboxylic acids is 2. The predicted molar refractivity (Wildman–Crippen MR) is 35.8 cm³/mol. The predicted octanol–water partition coefficient (Wildman–Crippen LogP) is 0.278. The van der Waals surface area contributed by atoms with E-state index >= 15 is 0 Å². The van der Waals surface area contributed by atoms with Crippen molar-refractivity contribution in [3.05, 3.63) is 25.0 Å². The van der Waals surface area contributed by atoms with Crippen LogP contribution in [0.3, 0.4) is 0 Å². The van der Waals surface area contributed by atoms with Gasteiger partial charge in [-0.25, -0.2) is 0 Å². The molecule has 0 spiro atoms. The maximum absolute atomic E-state index is 10.9. The van der Waals surface area contributed by atoms with Crippen LogP contribution in [0.15, 0.2) is 12.2 Å². The molecule has 12 heavy (non-hydrogen) atoms. The van der Waals surface area contributed by atoms with E-state index in [0.29, 0.717) is 0 Å². The number of esters is 2. The van der Waals surface area contributed by atoms with Crippen molar-refractivity contribution in [1.29, 1.82) is 0 Å². The Balaban J connectivity index is 0.000000720. The van der Waals surface area contributed by atoms with Crippen molar-refractivity contribution in [2.45, 2.75) is 0 Å². The van der Waals surface area contributed by atoms with Gasteiger partial charge in [-0.05, 0) is 11.8 Å². The summed E-state index contributed by atoms with van der Waals surface area (Å²) in [6, 6.07) is 0. The van der Waals surface area contributed by atoms with Gasteiger partial charge in [0.1, 0.15) is 0 Å². The van der Waals surface area contributed by atoms with Gasteiger partial charge in [-0.15, -0.1) is 0 Å². The van der Waals surface area contributed by atoms with E-state index in [1.165, 1.54) is 0 Å². The van der Waals surface area contributed by atoms with Crippen molar-refractivity contribution in [3.8, 4) is 0 Å². The van der Waals surface area contributed by atoms with Crippen molar-refractivity contribution >= 4 is 11.9 Å². The molecule has 0 N–H and O–H groups in total. The molecule has 1 aliphatic heterocycles. The first-order chi connectivity index (χ1) is 5.29. The van der Waals surface area contributed by atoms with E-state index < -0.39 is 11.9 Å². The van der Waals surface area contributed by atoms with Crippen LogP contribution in [-0.2, 0) is 47.0 Å². The minimum absolute atomic E-state index is 0. The van der Waals surface area contributed by atoms with Gasteiger partial charge < -0.3 is 16.9 Å². The zero-order chi connectivity index (χ0) is 7.84. The van der Waals surface area contributed by atoms with Crippen molar-refractivity contribution in [2.24, 2.45) is 11.8 Å². The van der Waals surface area contributed by atoms with Crippen LogP contribution < -0.4 is 0 Å². The van der Waals surface area contributed by atoms with Gasteiger partial charge in [0.2, 0.25) is 0 Å². The fraction of sp³-hybridized carbons (Fsp3) is 0.250. The molecule has 4 heteroatoms. The van der Waals surface area contributed by atoms with Gasteiger partial charge in [-0.2, -0.15) is 0 Å². The molecule has 1 heterocycles. The van der Waals surface area contributed by atoms with Crippen LogP contribution in [0.2, 0.25) is 0 Å². The Labute approximate surface area is 95.4 Å². The molecule has 1 saturated heterocycles. The van der Waals surface area contributed by atoms with Crippen molar-refractivity contribution < 1.29 is 47.0 Å². The molecule has 2 aliphatic rings. The Morgan fingerprint density at radius 1 is 1.08 bits per heavy atom. The average molecular weight is 239 g/mol. The van der Waals surface area contributed by atoms with E-state index in [4.69, 9.17) is 0 Å². The van der Waals surface area contributed by atoms with E-state index in [0.717, 1.165) is 0 Å². The maximum Gasteiger partial charge on any atom is 0.301 e. The molecule has 2 unspecified atom stereocenters. The van der Waals surface area contributed by atoms with Gasteiger partial charge >= 0.3 is 11.9 Å². The smallest absolute Gasteiger partial charge is 0.301 e. The summed E-state index contributed by atoms with van der Waals surface area (Å²) in [6.07, 6.45) is 6.89. The molecule has 1 fully saturated rings. The Bertz CT molecular complexity index is 223. The molecular formula is C8H6O3Y-2. The molecule has 0 bridgehead atoms. The van der Waals surface area contributed by atoms with Gasteiger partial charge in [0.05, 0.1) is 0 Å². The Morgan fingerprint density at radius 3 is 1.92 bits per heavy atom. The fourth-order valence-electron chi connectivity index (χ4n) is 1.29. The molecule has 3 nitrogen and oxygen atoms in total. The normalized spacial score (nSPS) is 31.0. The zero-order valence-electron chi connectivity index (χ0n) is 6.27. The van der Waals surface area contributed by atoms with Crippen molar-refractivity contribution in [2.75, 3.05) is 0 Å². The summed E-state index contributed by atoms with van der Waals surface area (Å²) in [5.74, 6) is -1.60. The molecule has 61 valence electrons. The first kappa shape index (κ1) is 9.81. The summed E-state index contributed by atoms with van der Waals surface area (Å²) in [4.78, 5) is 21.8. The Kier molecular flexibility index (Phi) is 2.96. The van der Waals surface area contributed by atoms with E-state index in [2.05, 4.69) is 4.74 Å². The quantitative estimate of drug-likeness (QED) is 0.346. The summed E-state index contributed by atoms with van der Waals surface area (Å²) < 4.78 is 4.43. The number of hydrogen-bond acceptors (Lipinski definition) is 3. The van der Waals surface area contributed by atoms with Crippen LogP contribution >= 0.6 is 0 Å². The number of carbonyl (C=O) groups is 2. The monoisotopic (exact) mass is 239 g/mol. The molecule has 1 radical (unpaired) electrons. The SMILES string of the molecule is O=C1OC(=O)C2[CH-]C=C[CH-]C12.[Y]. The zero-order valence-corrected chi connectivity index (χ0v) is 9.10. The minimum atomic E-state index is -0.430. The average Bonchev–Trinajstić information content (AvgIpc) is 2.30. The second-order valence-electron chi connectivity index (χ2n) is 2.56. The molecule has 2 atom stereocenters. The standard InChI is InChI=1S/C8H6O3.Y/c9-7-5-3-1-2-4-6(5)8(10)11-7;/h1-6H;/q-2;. The number of cyclic esters (lactones) is 2. The fourth-order valence-corrected chi connectivity index (χ4v) is 1.29. The van der Waals surface area contributed by atoms with Crippen LogP contribution in [0.5, 0.6) is 0 Å². The molecule has 0 aromatic heterocycles. The third kappa shape index (κ3) is 1.43. The largest absolute Gasteiger partial charge is 0.395 e. The molecule has 0 amide bonds. The molecule has 2 rings (SSSR count). The summed E-state index contributed by atoms with van der Waals surface area (Å²) >= 11 is 0. The van der Waals surface area contributed by atoms with Gasteiger partial charge in [-0.3, -0.25) is 22.4 Å². The van der Waals surface area contributed by atoms with Crippen LogP contribution in [-0.4, -0.2) is 11.9 Å². The number of fused-ring (bicyclic) bond motifs is 1. The summed E-state index contributed by atoms with van der Waals surface area (Å²) in [5, 5.41) is 0. The van der Waals surface area contributed by atoms with E-state index in [-0.39, 0.29) is 44.5 Å². The maximum atomic E-state index is 10.9. The van der Waals surface area contributed by atoms with Crippen molar-refractivity contribution in [3.63, 3.8) is 0 Å². The third-order valence-electron chi connectivity index (χ3n) is 1.88. The van der Waals surface area contributed by atoms with Crippen LogP contribution in [0.25, 0.3) is 0 Å². The van der Waals surface area contributed by atoms with E-state index in [1.54, 1.807) is 25.0 Å². The topological polar surface area (TPSA) is 43.4 Å². The molecular weight excluding hydrogens is 233 g/mol. The van der Waals surface area contributed by atoms with Crippen LogP contribution in [0, 0.1) is 24.7 Å². The number of allylic oxidation sites excluding steroid dienone is 2. The first-order valence-corrected chi connectivity index (χ1v) is 3.39. The van der Waals surface area contributed by atoms with Crippen LogP contribution in [0.4, 0.5) is 0 Å². The number of hydrogen-bond donors (Lipinski definition) is 0. The summed E-state index contributed by atoms with van der Waals surface area (Å²) in [5.41, 5.74) is 0. The summed E-state index contributed by atoms with van der Waals surface area (Å²) in [7, 11) is 0. The molecule has 1 aliphatic carbocycles. The van der Waals surface area contributed by atoms with E-state index in [9.17, 15) is 9.59 Å². The molecule has 0 aromatic rings.